The molecule has 0 saturated carbocycles. The molecule has 2 amide bonds. The van der Waals surface area contributed by atoms with E-state index < -0.39 is 17.6 Å². The summed E-state index contributed by atoms with van der Waals surface area (Å²) in [6.07, 6.45) is 0. The van der Waals surface area contributed by atoms with Gasteiger partial charge in [-0.2, -0.15) is 15.4 Å². The minimum atomic E-state index is -0.746. The standard InChI is InChI=1S/C16H15FN6O2/c1-23(2)8-3-4-12(10(5-8)15(18)24)19-16(25)9-6-13-14(7-11(9)17)21-22-20-13/h3-7H,1-2H3,(H2,18,24)(H,19,25)(H,20,21,22). The molecule has 1 heterocycles. The molecule has 3 rings (SSSR count). The Balaban J connectivity index is 1.96. The van der Waals surface area contributed by atoms with Crippen LogP contribution in [-0.4, -0.2) is 41.3 Å². The summed E-state index contributed by atoms with van der Waals surface area (Å²) in [5.41, 5.74) is 6.89. The van der Waals surface area contributed by atoms with E-state index in [0.29, 0.717) is 11.0 Å². The molecule has 1 aromatic heterocycles. The number of H-pyrrole nitrogens is 1. The van der Waals surface area contributed by atoms with E-state index in [1.54, 1.807) is 37.2 Å². The number of nitrogens with one attached hydrogen (secondary N) is 2. The third-order valence-electron chi connectivity index (χ3n) is 3.68. The Kier molecular flexibility index (Phi) is 4.05. The molecule has 0 unspecified atom stereocenters. The summed E-state index contributed by atoms with van der Waals surface area (Å²) < 4.78 is 14.1. The summed E-state index contributed by atoms with van der Waals surface area (Å²) in [5, 5.41) is 12.5. The van der Waals surface area contributed by atoms with Crippen LogP contribution in [0.15, 0.2) is 30.3 Å². The van der Waals surface area contributed by atoms with Gasteiger partial charge >= 0.3 is 0 Å². The first-order valence-corrected chi connectivity index (χ1v) is 7.29. The Bertz CT molecular complexity index is 982. The monoisotopic (exact) mass is 342 g/mol. The molecule has 0 aliphatic heterocycles. The number of carbonyl (C=O) groups excluding carboxylic acids is 2. The van der Waals surface area contributed by atoms with Crippen molar-refractivity contribution in [2.45, 2.75) is 0 Å². The van der Waals surface area contributed by atoms with Gasteiger partial charge in [-0.3, -0.25) is 9.59 Å². The van der Waals surface area contributed by atoms with Crippen LogP contribution in [0, 0.1) is 5.82 Å². The van der Waals surface area contributed by atoms with Crippen LogP contribution in [0.5, 0.6) is 0 Å². The van der Waals surface area contributed by atoms with Gasteiger partial charge in [0.25, 0.3) is 11.8 Å². The molecule has 0 aliphatic rings. The van der Waals surface area contributed by atoms with Gasteiger partial charge in [-0.1, -0.05) is 0 Å². The number of benzene rings is 2. The fourth-order valence-electron chi connectivity index (χ4n) is 2.35. The van der Waals surface area contributed by atoms with E-state index in [9.17, 15) is 14.0 Å². The zero-order chi connectivity index (χ0) is 18.1. The van der Waals surface area contributed by atoms with Crippen molar-refractivity contribution in [3.05, 3.63) is 47.3 Å². The summed E-state index contributed by atoms with van der Waals surface area (Å²) in [6.45, 7) is 0. The van der Waals surface area contributed by atoms with E-state index in [2.05, 4.69) is 20.7 Å². The van der Waals surface area contributed by atoms with Crippen molar-refractivity contribution in [1.82, 2.24) is 15.4 Å². The second kappa shape index (κ2) is 6.19. The summed E-state index contributed by atoms with van der Waals surface area (Å²) in [7, 11) is 3.61. The second-order valence-corrected chi connectivity index (χ2v) is 5.59. The molecular formula is C16H15FN6O2. The van der Waals surface area contributed by atoms with Crippen LogP contribution in [0.1, 0.15) is 20.7 Å². The van der Waals surface area contributed by atoms with Crippen molar-refractivity contribution in [3.8, 4) is 0 Å². The third-order valence-corrected chi connectivity index (χ3v) is 3.68. The highest BCUT2D eigenvalue weighted by Crippen LogP contribution is 2.23. The molecule has 0 aliphatic carbocycles. The fourth-order valence-corrected chi connectivity index (χ4v) is 2.35. The van der Waals surface area contributed by atoms with E-state index >= 15 is 0 Å². The van der Waals surface area contributed by atoms with Gasteiger partial charge in [-0.25, -0.2) is 4.39 Å². The molecule has 9 heteroatoms. The van der Waals surface area contributed by atoms with Crippen LogP contribution >= 0.6 is 0 Å². The number of hydrogen-bond donors (Lipinski definition) is 3. The molecule has 0 spiro atoms. The van der Waals surface area contributed by atoms with Gasteiger partial charge in [0.05, 0.1) is 16.8 Å². The lowest BCUT2D eigenvalue weighted by molar-refractivity contribution is 0.100. The molecule has 0 saturated heterocycles. The number of amides is 2. The van der Waals surface area contributed by atoms with Crippen molar-refractivity contribution < 1.29 is 14.0 Å². The number of carbonyl (C=O) groups is 2. The lowest BCUT2D eigenvalue weighted by Crippen LogP contribution is -2.20. The van der Waals surface area contributed by atoms with Gasteiger partial charge in [0.15, 0.2) is 0 Å². The predicted molar refractivity (Wildman–Crippen MR) is 91.1 cm³/mol. The van der Waals surface area contributed by atoms with Crippen molar-refractivity contribution in [3.63, 3.8) is 0 Å². The summed E-state index contributed by atoms with van der Waals surface area (Å²) >= 11 is 0. The maximum atomic E-state index is 14.1. The third kappa shape index (κ3) is 3.11. The van der Waals surface area contributed by atoms with Crippen molar-refractivity contribution in [2.75, 3.05) is 24.3 Å². The molecule has 8 nitrogen and oxygen atoms in total. The van der Waals surface area contributed by atoms with Gasteiger partial charge in [-0.05, 0) is 24.3 Å². The summed E-state index contributed by atoms with van der Waals surface area (Å²) in [6, 6.07) is 7.19. The quantitative estimate of drug-likeness (QED) is 0.664. The van der Waals surface area contributed by atoms with E-state index in [4.69, 9.17) is 5.73 Å². The zero-order valence-corrected chi connectivity index (χ0v) is 13.5. The molecule has 2 aromatic carbocycles. The van der Waals surface area contributed by atoms with Crippen molar-refractivity contribution in [2.24, 2.45) is 5.73 Å². The number of primary amides is 1. The summed E-state index contributed by atoms with van der Waals surface area (Å²) in [4.78, 5) is 25.9. The molecule has 3 aromatic rings. The second-order valence-electron chi connectivity index (χ2n) is 5.59. The first kappa shape index (κ1) is 16.4. The fraction of sp³-hybridized carbons (Fsp3) is 0.125. The number of hydrogen-bond acceptors (Lipinski definition) is 5. The Hall–Kier alpha value is -3.49. The molecule has 0 radical (unpaired) electrons. The normalized spacial score (nSPS) is 10.7. The number of rotatable bonds is 4. The predicted octanol–water partition coefficient (Wildman–Crippen LogP) is 1.51. The minimum absolute atomic E-state index is 0.127. The lowest BCUT2D eigenvalue weighted by Gasteiger charge is -2.16. The van der Waals surface area contributed by atoms with E-state index in [0.717, 1.165) is 11.8 Å². The van der Waals surface area contributed by atoms with Crippen LogP contribution in [0.4, 0.5) is 15.8 Å². The molecule has 25 heavy (non-hydrogen) atoms. The Morgan fingerprint density at radius 3 is 2.44 bits per heavy atom. The molecule has 0 fully saturated rings. The number of halogens is 1. The Morgan fingerprint density at radius 2 is 1.80 bits per heavy atom. The Morgan fingerprint density at radius 1 is 1.12 bits per heavy atom. The van der Waals surface area contributed by atoms with Gasteiger partial charge in [0.2, 0.25) is 0 Å². The van der Waals surface area contributed by atoms with Gasteiger partial charge < -0.3 is 16.0 Å². The largest absolute Gasteiger partial charge is 0.378 e. The average molecular weight is 342 g/mol. The highest BCUT2D eigenvalue weighted by Gasteiger charge is 2.18. The van der Waals surface area contributed by atoms with Crippen LogP contribution < -0.4 is 16.0 Å². The molecule has 128 valence electrons. The number of anilines is 2. The smallest absolute Gasteiger partial charge is 0.258 e. The Labute approximate surface area is 141 Å². The van der Waals surface area contributed by atoms with Crippen molar-refractivity contribution >= 4 is 34.2 Å². The maximum Gasteiger partial charge on any atom is 0.258 e. The van der Waals surface area contributed by atoms with Gasteiger partial charge in [0.1, 0.15) is 16.9 Å². The van der Waals surface area contributed by atoms with Gasteiger partial charge in [0, 0.05) is 25.8 Å². The van der Waals surface area contributed by atoms with Crippen molar-refractivity contribution in [1.29, 1.82) is 0 Å². The highest BCUT2D eigenvalue weighted by molar-refractivity contribution is 6.10. The number of aromatic amines is 1. The first-order chi connectivity index (χ1) is 11.9. The van der Waals surface area contributed by atoms with Gasteiger partial charge in [-0.15, -0.1) is 0 Å². The SMILES string of the molecule is CN(C)c1ccc(NC(=O)c2cc3n[nH]nc3cc2F)c(C(N)=O)c1. The highest BCUT2D eigenvalue weighted by atomic mass is 19.1. The average Bonchev–Trinajstić information content (AvgIpc) is 3.00. The number of nitrogens with zero attached hydrogens (tertiary/aromatic N) is 3. The number of fused-ring (bicyclic) bond motifs is 1. The molecule has 0 atom stereocenters. The zero-order valence-electron chi connectivity index (χ0n) is 13.5. The molecular weight excluding hydrogens is 327 g/mol. The number of aromatic nitrogens is 3. The van der Waals surface area contributed by atoms with Crippen LogP contribution in [0.3, 0.4) is 0 Å². The molecule has 0 bridgehead atoms. The van der Waals surface area contributed by atoms with Crippen LogP contribution in [0.2, 0.25) is 0 Å². The molecule has 4 N–H and O–H groups in total. The van der Waals surface area contributed by atoms with Crippen LogP contribution in [0.25, 0.3) is 11.0 Å². The topological polar surface area (TPSA) is 117 Å². The lowest BCUT2D eigenvalue weighted by atomic mass is 10.1. The van der Waals surface area contributed by atoms with Crippen LogP contribution in [-0.2, 0) is 0 Å². The van der Waals surface area contributed by atoms with E-state index in [1.807, 2.05) is 0 Å². The van der Waals surface area contributed by atoms with E-state index in [1.165, 1.54) is 6.07 Å². The number of nitrogens with two attached hydrogens (primary N) is 1. The minimum Gasteiger partial charge on any atom is -0.378 e. The first-order valence-electron chi connectivity index (χ1n) is 7.29. The summed E-state index contributed by atoms with van der Waals surface area (Å²) in [5.74, 6) is -2.17. The van der Waals surface area contributed by atoms with E-state index in [-0.39, 0.29) is 16.8 Å². The maximum absolute atomic E-state index is 14.1.